The van der Waals surface area contributed by atoms with E-state index in [9.17, 15) is 4.79 Å². The van der Waals surface area contributed by atoms with Gasteiger partial charge in [0, 0.05) is 6.42 Å². The average molecular weight is 391 g/mol. The maximum absolute atomic E-state index is 11.6. The normalized spacial score (nSPS) is 17.5. The fraction of sp³-hybridized carbons (Fsp3) is 0.444. The third kappa shape index (κ3) is 6.06. The van der Waals surface area contributed by atoms with Crippen LogP contribution in [0.25, 0.3) is 16.7 Å². The standard InChI is InChI=1S/C27H34O2/c1-4-6-27(28)29-26-17-15-25(16-18-26)24-13-11-23(12-14-24)22-9-7-21(8-10-22)19-20(3)5-2/h9,11-18,20-21H,4-8,10,19H2,1-3H3. The fourth-order valence-electron chi connectivity index (χ4n) is 4.08. The number of benzene rings is 2. The lowest BCUT2D eigenvalue weighted by Crippen LogP contribution is -2.09. The molecule has 0 heterocycles. The molecule has 2 aromatic rings. The molecular formula is C27H34O2. The van der Waals surface area contributed by atoms with Gasteiger partial charge in [-0.15, -0.1) is 0 Å². The number of esters is 1. The van der Waals surface area contributed by atoms with Gasteiger partial charge in [-0.1, -0.05) is 69.7 Å². The molecule has 0 spiro atoms. The van der Waals surface area contributed by atoms with Crippen LogP contribution >= 0.6 is 0 Å². The Balaban J connectivity index is 1.61. The van der Waals surface area contributed by atoms with Gasteiger partial charge in [-0.3, -0.25) is 4.79 Å². The van der Waals surface area contributed by atoms with Crippen molar-refractivity contribution < 1.29 is 9.53 Å². The summed E-state index contributed by atoms with van der Waals surface area (Å²) in [7, 11) is 0. The summed E-state index contributed by atoms with van der Waals surface area (Å²) in [6, 6.07) is 16.7. The zero-order chi connectivity index (χ0) is 20.6. The molecule has 0 bridgehead atoms. The molecule has 3 rings (SSSR count). The summed E-state index contributed by atoms with van der Waals surface area (Å²) in [5.74, 6) is 2.15. The summed E-state index contributed by atoms with van der Waals surface area (Å²) in [6.45, 7) is 6.64. The van der Waals surface area contributed by atoms with E-state index < -0.39 is 0 Å². The topological polar surface area (TPSA) is 26.3 Å². The van der Waals surface area contributed by atoms with Crippen LogP contribution in [-0.2, 0) is 4.79 Å². The molecule has 2 aromatic carbocycles. The monoisotopic (exact) mass is 390 g/mol. The van der Waals surface area contributed by atoms with Crippen LogP contribution in [0.4, 0.5) is 0 Å². The van der Waals surface area contributed by atoms with Gasteiger partial charge in [-0.05, 0) is 78.3 Å². The summed E-state index contributed by atoms with van der Waals surface area (Å²) >= 11 is 0. The van der Waals surface area contributed by atoms with Crippen molar-refractivity contribution in [2.75, 3.05) is 0 Å². The van der Waals surface area contributed by atoms with Crippen LogP contribution in [0, 0.1) is 11.8 Å². The summed E-state index contributed by atoms with van der Waals surface area (Å²) < 4.78 is 5.34. The molecule has 0 amide bonds. The highest BCUT2D eigenvalue weighted by molar-refractivity contribution is 5.73. The van der Waals surface area contributed by atoms with Gasteiger partial charge in [-0.2, -0.15) is 0 Å². The smallest absolute Gasteiger partial charge is 0.311 e. The molecular weight excluding hydrogens is 356 g/mol. The summed E-state index contributed by atoms with van der Waals surface area (Å²) in [4.78, 5) is 11.6. The number of allylic oxidation sites excluding steroid dienone is 2. The Labute approximate surface area is 176 Å². The minimum atomic E-state index is -0.170. The first-order valence-corrected chi connectivity index (χ1v) is 11.2. The van der Waals surface area contributed by atoms with E-state index in [1.165, 1.54) is 48.8 Å². The Bertz CT molecular complexity index is 815. The van der Waals surface area contributed by atoms with Crippen LogP contribution < -0.4 is 4.74 Å². The van der Waals surface area contributed by atoms with Crippen molar-refractivity contribution in [3.63, 3.8) is 0 Å². The Hall–Kier alpha value is -2.35. The lowest BCUT2D eigenvalue weighted by molar-refractivity contribution is -0.134. The molecule has 0 radical (unpaired) electrons. The Kier molecular flexibility index (Phi) is 7.69. The number of hydrogen-bond acceptors (Lipinski definition) is 2. The van der Waals surface area contributed by atoms with Gasteiger partial charge in [0.2, 0.25) is 0 Å². The first kappa shape index (κ1) is 21.4. The number of hydrogen-bond donors (Lipinski definition) is 0. The maximum atomic E-state index is 11.6. The van der Waals surface area contributed by atoms with Crippen LogP contribution in [0.15, 0.2) is 54.6 Å². The van der Waals surface area contributed by atoms with Gasteiger partial charge < -0.3 is 4.74 Å². The zero-order valence-electron chi connectivity index (χ0n) is 18.1. The number of carbonyl (C=O) groups is 1. The Morgan fingerprint density at radius 3 is 2.17 bits per heavy atom. The second-order valence-electron chi connectivity index (χ2n) is 8.44. The molecule has 1 aliphatic carbocycles. The highest BCUT2D eigenvalue weighted by atomic mass is 16.5. The molecule has 0 aliphatic heterocycles. The van der Waals surface area contributed by atoms with Gasteiger partial charge in [0.15, 0.2) is 0 Å². The van der Waals surface area contributed by atoms with Crippen molar-refractivity contribution in [2.45, 2.75) is 65.7 Å². The summed E-state index contributed by atoms with van der Waals surface area (Å²) in [5.41, 5.74) is 5.17. The quantitative estimate of drug-likeness (QED) is 0.341. The third-order valence-electron chi connectivity index (χ3n) is 6.08. The van der Waals surface area contributed by atoms with Crippen LogP contribution in [-0.4, -0.2) is 5.97 Å². The van der Waals surface area contributed by atoms with Crippen molar-refractivity contribution in [3.8, 4) is 16.9 Å². The van der Waals surface area contributed by atoms with Crippen molar-refractivity contribution >= 4 is 11.5 Å². The zero-order valence-corrected chi connectivity index (χ0v) is 18.1. The van der Waals surface area contributed by atoms with E-state index in [4.69, 9.17) is 4.74 Å². The molecule has 0 aromatic heterocycles. The second-order valence-corrected chi connectivity index (χ2v) is 8.44. The van der Waals surface area contributed by atoms with E-state index in [0.717, 1.165) is 23.8 Å². The molecule has 0 saturated heterocycles. The number of rotatable bonds is 8. The van der Waals surface area contributed by atoms with Crippen LogP contribution in [0.3, 0.4) is 0 Å². The first-order chi connectivity index (χ1) is 14.1. The average Bonchev–Trinajstić information content (AvgIpc) is 2.75. The highest BCUT2D eigenvalue weighted by Crippen LogP contribution is 2.34. The molecule has 29 heavy (non-hydrogen) atoms. The predicted octanol–water partition coefficient (Wildman–Crippen LogP) is 7.68. The Morgan fingerprint density at radius 2 is 1.62 bits per heavy atom. The van der Waals surface area contributed by atoms with E-state index >= 15 is 0 Å². The SMILES string of the molecule is CCCC(=O)Oc1ccc(-c2ccc(C3=CCC(CC(C)CC)CC3)cc2)cc1. The molecule has 0 saturated carbocycles. The molecule has 2 atom stereocenters. The fourth-order valence-corrected chi connectivity index (χ4v) is 4.08. The van der Waals surface area contributed by atoms with Gasteiger partial charge >= 0.3 is 5.97 Å². The maximum Gasteiger partial charge on any atom is 0.311 e. The third-order valence-corrected chi connectivity index (χ3v) is 6.08. The minimum absolute atomic E-state index is 0.170. The lowest BCUT2D eigenvalue weighted by atomic mass is 9.81. The summed E-state index contributed by atoms with van der Waals surface area (Å²) in [5, 5.41) is 0. The Morgan fingerprint density at radius 1 is 1.00 bits per heavy atom. The van der Waals surface area contributed by atoms with Gasteiger partial charge in [0.1, 0.15) is 5.75 Å². The first-order valence-electron chi connectivity index (χ1n) is 11.2. The van der Waals surface area contributed by atoms with Crippen molar-refractivity contribution in [2.24, 2.45) is 11.8 Å². The van der Waals surface area contributed by atoms with Crippen LogP contribution in [0.5, 0.6) is 5.75 Å². The van der Waals surface area contributed by atoms with E-state index in [-0.39, 0.29) is 5.97 Å². The lowest BCUT2D eigenvalue weighted by Gasteiger charge is -2.24. The largest absolute Gasteiger partial charge is 0.427 e. The van der Waals surface area contributed by atoms with Crippen molar-refractivity contribution in [1.29, 1.82) is 0 Å². The second kappa shape index (κ2) is 10.4. The molecule has 2 unspecified atom stereocenters. The highest BCUT2D eigenvalue weighted by Gasteiger charge is 2.17. The van der Waals surface area contributed by atoms with Crippen molar-refractivity contribution in [3.05, 3.63) is 60.2 Å². The molecule has 2 heteroatoms. The molecule has 2 nitrogen and oxygen atoms in total. The van der Waals surface area contributed by atoms with E-state index in [1.807, 2.05) is 31.2 Å². The van der Waals surface area contributed by atoms with Crippen LogP contribution in [0.1, 0.15) is 71.3 Å². The molecule has 0 fully saturated rings. The molecule has 1 aliphatic rings. The predicted molar refractivity (Wildman–Crippen MR) is 122 cm³/mol. The van der Waals surface area contributed by atoms with Crippen LogP contribution in [0.2, 0.25) is 0 Å². The number of ether oxygens (including phenoxy) is 1. The van der Waals surface area contributed by atoms with Crippen molar-refractivity contribution in [1.82, 2.24) is 0 Å². The summed E-state index contributed by atoms with van der Waals surface area (Å²) in [6.07, 6.45) is 10.1. The van der Waals surface area contributed by atoms with E-state index in [1.54, 1.807) is 0 Å². The van der Waals surface area contributed by atoms with E-state index in [0.29, 0.717) is 12.2 Å². The van der Waals surface area contributed by atoms with Gasteiger partial charge in [0.25, 0.3) is 0 Å². The minimum Gasteiger partial charge on any atom is -0.427 e. The van der Waals surface area contributed by atoms with Gasteiger partial charge in [-0.25, -0.2) is 0 Å². The number of carbonyl (C=O) groups excluding carboxylic acids is 1. The van der Waals surface area contributed by atoms with E-state index in [2.05, 4.69) is 44.2 Å². The molecule has 0 N–H and O–H groups in total. The molecule has 154 valence electrons. The van der Waals surface area contributed by atoms with Gasteiger partial charge in [0.05, 0.1) is 0 Å².